The van der Waals surface area contributed by atoms with Crippen LogP contribution in [0.5, 0.6) is 0 Å². The number of anilines is 1. The molecule has 3 N–H and O–H groups in total. The van der Waals surface area contributed by atoms with Gasteiger partial charge in [-0.15, -0.1) is 0 Å². The van der Waals surface area contributed by atoms with Gasteiger partial charge in [-0.2, -0.15) is 0 Å². The molecule has 0 saturated carbocycles. The van der Waals surface area contributed by atoms with Crippen molar-refractivity contribution in [1.82, 2.24) is 5.32 Å². The summed E-state index contributed by atoms with van der Waals surface area (Å²) in [6.07, 6.45) is 1.67. The van der Waals surface area contributed by atoms with E-state index in [9.17, 15) is 9.59 Å². The number of nitrogens with one attached hydrogen (secondary N) is 3. The zero-order chi connectivity index (χ0) is 19.6. The van der Waals surface area contributed by atoms with Crippen LogP contribution in [0.25, 0.3) is 0 Å². The molecule has 0 heterocycles. The highest BCUT2D eigenvalue weighted by atomic mass is 16.2. The Morgan fingerprint density at radius 2 is 1.56 bits per heavy atom. The highest BCUT2D eigenvalue weighted by molar-refractivity contribution is 5.92. The fourth-order valence-electron chi connectivity index (χ4n) is 3.05. The van der Waals surface area contributed by atoms with Crippen LogP contribution in [0.2, 0.25) is 0 Å². The van der Waals surface area contributed by atoms with Gasteiger partial charge in [-0.25, -0.2) is 0 Å². The van der Waals surface area contributed by atoms with Gasteiger partial charge in [-0.05, 0) is 42.5 Å². The van der Waals surface area contributed by atoms with Crippen molar-refractivity contribution < 1.29 is 14.5 Å². The normalized spacial score (nSPS) is 11.7. The second-order valence-corrected chi connectivity index (χ2v) is 6.90. The van der Waals surface area contributed by atoms with Crippen molar-refractivity contribution in [2.24, 2.45) is 0 Å². The molecule has 0 saturated heterocycles. The summed E-state index contributed by atoms with van der Waals surface area (Å²) in [5, 5.41) is 5.88. The number of carbonyl (C=O) groups is 2. The summed E-state index contributed by atoms with van der Waals surface area (Å²) in [6.45, 7) is 5.26. The third-order valence-corrected chi connectivity index (χ3v) is 4.57. The SMILES string of the molecule is CCc1ccccc1NC(=O)C[NH+](C)CC(=O)NCCc1ccccc1C. The van der Waals surface area contributed by atoms with Crippen LogP contribution in [0.4, 0.5) is 5.69 Å². The maximum Gasteiger partial charge on any atom is 0.279 e. The van der Waals surface area contributed by atoms with E-state index < -0.39 is 0 Å². The van der Waals surface area contributed by atoms with Crippen molar-refractivity contribution in [2.75, 3.05) is 32.0 Å². The lowest BCUT2D eigenvalue weighted by Gasteiger charge is -2.15. The molecule has 144 valence electrons. The number of quaternary nitrogens is 1. The summed E-state index contributed by atoms with van der Waals surface area (Å²) in [5.74, 6) is -0.121. The Morgan fingerprint density at radius 1 is 0.926 bits per heavy atom. The second-order valence-electron chi connectivity index (χ2n) is 6.90. The van der Waals surface area contributed by atoms with Crippen LogP contribution in [0, 0.1) is 6.92 Å². The summed E-state index contributed by atoms with van der Waals surface area (Å²) in [7, 11) is 1.85. The summed E-state index contributed by atoms with van der Waals surface area (Å²) >= 11 is 0. The highest BCUT2D eigenvalue weighted by Crippen LogP contribution is 2.14. The van der Waals surface area contributed by atoms with Gasteiger partial charge in [0.15, 0.2) is 13.1 Å². The zero-order valence-electron chi connectivity index (χ0n) is 16.5. The molecule has 0 bridgehead atoms. The van der Waals surface area contributed by atoms with E-state index in [-0.39, 0.29) is 24.9 Å². The van der Waals surface area contributed by atoms with Crippen molar-refractivity contribution in [3.63, 3.8) is 0 Å². The molecular formula is C22H30N3O2+. The molecule has 27 heavy (non-hydrogen) atoms. The van der Waals surface area contributed by atoms with Crippen LogP contribution < -0.4 is 15.5 Å². The summed E-state index contributed by atoms with van der Waals surface area (Å²) in [5.41, 5.74) is 4.43. The Bertz CT molecular complexity index is 774. The van der Waals surface area contributed by atoms with Crippen LogP contribution in [0.15, 0.2) is 48.5 Å². The average Bonchev–Trinajstić information content (AvgIpc) is 2.63. The minimum atomic E-state index is -0.0823. The van der Waals surface area contributed by atoms with E-state index in [1.54, 1.807) is 0 Å². The molecule has 0 aromatic heterocycles. The smallest absolute Gasteiger partial charge is 0.279 e. The number of para-hydroxylation sites is 1. The molecule has 1 atom stereocenters. The molecule has 2 rings (SSSR count). The van der Waals surface area contributed by atoms with Gasteiger partial charge in [-0.1, -0.05) is 49.4 Å². The average molecular weight is 369 g/mol. The minimum Gasteiger partial charge on any atom is -0.351 e. The Hall–Kier alpha value is -2.66. The van der Waals surface area contributed by atoms with E-state index in [2.05, 4.69) is 36.6 Å². The Balaban J connectivity index is 1.72. The predicted molar refractivity (Wildman–Crippen MR) is 109 cm³/mol. The maximum absolute atomic E-state index is 12.2. The third-order valence-electron chi connectivity index (χ3n) is 4.57. The van der Waals surface area contributed by atoms with Gasteiger partial charge in [0, 0.05) is 12.2 Å². The molecule has 0 fully saturated rings. The second kappa shape index (κ2) is 10.5. The fourth-order valence-corrected chi connectivity index (χ4v) is 3.05. The Kier molecular flexibility index (Phi) is 8.01. The molecule has 5 nitrogen and oxygen atoms in total. The van der Waals surface area contributed by atoms with E-state index in [4.69, 9.17) is 0 Å². The molecule has 0 aliphatic carbocycles. The van der Waals surface area contributed by atoms with Crippen molar-refractivity contribution in [3.8, 4) is 0 Å². The third kappa shape index (κ3) is 6.87. The van der Waals surface area contributed by atoms with Crippen molar-refractivity contribution in [1.29, 1.82) is 0 Å². The molecule has 2 aromatic carbocycles. The van der Waals surface area contributed by atoms with Crippen molar-refractivity contribution in [2.45, 2.75) is 26.7 Å². The van der Waals surface area contributed by atoms with E-state index in [1.165, 1.54) is 11.1 Å². The predicted octanol–water partition coefficient (Wildman–Crippen LogP) is 1.37. The molecule has 2 aromatic rings. The van der Waals surface area contributed by atoms with Crippen molar-refractivity contribution >= 4 is 17.5 Å². The molecule has 0 aliphatic rings. The molecule has 5 heteroatoms. The Labute approximate surface area is 161 Å². The fraction of sp³-hybridized carbons (Fsp3) is 0.364. The lowest BCUT2D eigenvalue weighted by molar-refractivity contribution is -0.862. The summed E-state index contributed by atoms with van der Waals surface area (Å²) in [4.78, 5) is 25.2. The number of likely N-dealkylation sites (N-methyl/N-ethyl adjacent to an activating group) is 1. The number of hydrogen-bond donors (Lipinski definition) is 3. The topological polar surface area (TPSA) is 62.6 Å². The van der Waals surface area contributed by atoms with Crippen LogP contribution in [0.3, 0.4) is 0 Å². The summed E-state index contributed by atoms with van der Waals surface area (Å²) in [6, 6.07) is 16.0. The molecule has 0 spiro atoms. The van der Waals surface area contributed by atoms with Gasteiger partial charge >= 0.3 is 0 Å². The zero-order valence-corrected chi connectivity index (χ0v) is 16.5. The van der Waals surface area contributed by atoms with Crippen LogP contribution in [0.1, 0.15) is 23.6 Å². The molecular weight excluding hydrogens is 338 g/mol. The van der Waals surface area contributed by atoms with Gasteiger partial charge in [0.1, 0.15) is 0 Å². The van der Waals surface area contributed by atoms with E-state index >= 15 is 0 Å². The lowest BCUT2D eigenvalue weighted by Crippen LogP contribution is -3.11. The quantitative estimate of drug-likeness (QED) is 0.626. The number of amides is 2. The number of carbonyl (C=O) groups excluding carboxylic acids is 2. The number of hydrogen-bond acceptors (Lipinski definition) is 2. The van der Waals surface area contributed by atoms with Gasteiger partial charge in [-0.3, -0.25) is 9.59 Å². The van der Waals surface area contributed by atoms with Crippen LogP contribution >= 0.6 is 0 Å². The maximum atomic E-state index is 12.2. The first-order chi connectivity index (χ1) is 13.0. The largest absolute Gasteiger partial charge is 0.351 e. The minimum absolute atomic E-state index is 0.0390. The van der Waals surface area contributed by atoms with Gasteiger partial charge in [0.05, 0.1) is 7.05 Å². The number of benzene rings is 2. The highest BCUT2D eigenvalue weighted by Gasteiger charge is 2.15. The molecule has 0 radical (unpaired) electrons. The number of aryl methyl sites for hydroxylation is 2. The monoisotopic (exact) mass is 368 g/mol. The number of rotatable bonds is 9. The van der Waals surface area contributed by atoms with Crippen LogP contribution in [-0.4, -0.2) is 38.5 Å². The van der Waals surface area contributed by atoms with E-state index in [0.717, 1.165) is 29.0 Å². The first-order valence-corrected chi connectivity index (χ1v) is 9.49. The van der Waals surface area contributed by atoms with Crippen molar-refractivity contribution in [3.05, 3.63) is 65.2 Å². The lowest BCUT2D eigenvalue weighted by atomic mass is 10.1. The van der Waals surface area contributed by atoms with E-state index in [0.29, 0.717) is 6.54 Å². The molecule has 0 aliphatic heterocycles. The first-order valence-electron chi connectivity index (χ1n) is 9.49. The van der Waals surface area contributed by atoms with Gasteiger partial charge in [0.2, 0.25) is 0 Å². The standard InChI is InChI=1S/C22H29N3O2/c1-4-18-10-7-8-12-20(18)24-22(27)16-25(3)15-21(26)23-14-13-19-11-6-5-9-17(19)2/h5-12H,4,13-16H2,1-3H3,(H,23,26)(H,24,27)/p+1. The summed E-state index contributed by atoms with van der Waals surface area (Å²) < 4.78 is 0. The molecule has 2 amide bonds. The van der Waals surface area contributed by atoms with Crippen LogP contribution in [-0.2, 0) is 22.4 Å². The van der Waals surface area contributed by atoms with Gasteiger partial charge in [0.25, 0.3) is 11.8 Å². The first kappa shape index (κ1) is 20.6. The molecule has 1 unspecified atom stereocenters. The van der Waals surface area contributed by atoms with E-state index in [1.807, 2.05) is 43.4 Å². The Morgan fingerprint density at radius 3 is 2.26 bits per heavy atom. The van der Waals surface area contributed by atoms with Gasteiger partial charge < -0.3 is 15.5 Å².